The number of carbonyl (C=O) groups excluding carboxylic acids is 1. The van der Waals surface area contributed by atoms with Gasteiger partial charge in [0.05, 0.1) is 18.9 Å². The number of nitrogens with zero attached hydrogens (tertiary/aromatic N) is 3. The monoisotopic (exact) mass is 473 g/mol. The molecule has 0 atom stereocenters. The van der Waals surface area contributed by atoms with Gasteiger partial charge in [-0.15, -0.1) is 5.73 Å². The Hall–Kier alpha value is -3.42. The fourth-order valence-corrected chi connectivity index (χ4v) is 3.35. The number of amides is 1. The maximum absolute atomic E-state index is 13.7. The van der Waals surface area contributed by atoms with Gasteiger partial charge in [0.2, 0.25) is 0 Å². The summed E-state index contributed by atoms with van der Waals surface area (Å²) in [6.07, 6.45) is 3.63. The molecule has 1 aliphatic carbocycles. The lowest BCUT2D eigenvalue weighted by Gasteiger charge is -2.42. The summed E-state index contributed by atoms with van der Waals surface area (Å²) in [4.78, 5) is 17.6. The molecule has 1 saturated heterocycles. The highest BCUT2D eigenvalue weighted by Gasteiger charge is 2.48. The number of allylic oxidation sites excluding steroid dienone is 1. The third-order valence-electron chi connectivity index (χ3n) is 5.16. The number of rotatable bonds is 7. The zero-order valence-corrected chi connectivity index (χ0v) is 19.5. The van der Waals surface area contributed by atoms with Gasteiger partial charge in [0.15, 0.2) is 0 Å². The molecule has 2 aliphatic rings. The van der Waals surface area contributed by atoms with Crippen LogP contribution in [0.3, 0.4) is 0 Å². The molecule has 0 saturated carbocycles. The molecule has 1 aromatic carbocycles. The molecule has 0 unspecified atom stereocenters. The molecule has 1 radical (unpaired) electrons. The molecule has 181 valence electrons. The maximum atomic E-state index is 13.7. The highest BCUT2D eigenvalue weighted by atomic mass is 19.3. The van der Waals surface area contributed by atoms with E-state index in [9.17, 15) is 18.0 Å². The van der Waals surface area contributed by atoms with E-state index in [-0.39, 0.29) is 20.3 Å². The number of hydrogen-bond acceptors (Lipinski definition) is 4. The summed E-state index contributed by atoms with van der Waals surface area (Å²) in [5.74, 6) is -4.20. The third-order valence-corrected chi connectivity index (χ3v) is 5.16. The SMILES string of the molecule is C=C=C(N=C(C1=C[CH]1)C1(NC(=O)c2cc(C(C)(F)F)nn2C)COC1)c1cccc(F)c1.CC.[HH]. The van der Waals surface area contributed by atoms with Crippen molar-refractivity contribution < 1.29 is 24.1 Å². The van der Waals surface area contributed by atoms with Crippen molar-refractivity contribution in [2.75, 3.05) is 13.2 Å². The Morgan fingerprint density at radius 2 is 2.03 bits per heavy atom. The predicted octanol–water partition coefficient (Wildman–Crippen LogP) is 4.85. The van der Waals surface area contributed by atoms with E-state index in [1.165, 1.54) is 19.2 Å². The largest absolute Gasteiger partial charge is 0.376 e. The van der Waals surface area contributed by atoms with E-state index in [1.807, 2.05) is 26.3 Å². The molecule has 2 aromatic rings. The number of alkyl halides is 2. The molecule has 9 heteroatoms. The normalized spacial score (nSPS) is 16.3. The van der Waals surface area contributed by atoms with E-state index in [1.54, 1.807) is 12.1 Å². The van der Waals surface area contributed by atoms with Gasteiger partial charge in [0, 0.05) is 27.4 Å². The van der Waals surface area contributed by atoms with E-state index in [2.05, 4.69) is 27.7 Å². The Bertz CT molecular complexity index is 1200. The Labute approximate surface area is 198 Å². The van der Waals surface area contributed by atoms with Crippen LogP contribution in [0, 0.1) is 12.2 Å². The lowest BCUT2D eigenvalue weighted by Crippen LogP contribution is -2.67. The fraction of sp³-hybridized carbons (Fsp3) is 0.320. The lowest BCUT2D eigenvalue weighted by molar-refractivity contribution is -0.0332. The summed E-state index contributed by atoms with van der Waals surface area (Å²) in [7, 11) is 1.42. The Morgan fingerprint density at radius 1 is 1.35 bits per heavy atom. The van der Waals surface area contributed by atoms with Crippen LogP contribution < -0.4 is 5.32 Å². The lowest BCUT2D eigenvalue weighted by atomic mass is 9.88. The minimum absolute atomic E-state index is 0. The Balaban J connectivity index is 0.00000140. The van der Waals surface area contributed by atoms with Gasteiger partial charge < -0.3 is 10.1 Å². The molecular weight excluding hydrogens is 445 g/mol. The Kier molecular flexibility index (Phi) is 7.29. The molecule has 1 aromatic heterocycles. The molecule has 0 spiro atoms. The first-order valence-corrected chi connectivity index (χ1v) is 10.8. The van der Waals surface area contributed by atoms with Gasteiger partial charge in [0.25, 0.3) is 11.8 Å². The van der Waals surface area contributed by atoms with E-state index < -0.39 is 28.9 Å². The van der Waals surface area contributed by atoms with Crippen LogP contribution in [-0.2, 0) is 17.7 Å². The van der Waals surface area contributed by atoms with Gasteiger partial charge in [0.1, 0.15) is 28.4 Å². The van der Waals surface area contributed by atoms with Crippen LogP contribution in [0.1, 0.15) is 43.9 Å². The average molecular weight is 474 g/mol. The average Bonchev–Trinajstić information content (AvgIpc) is 3.53. The Morgan fingerprint density at radius 3 is 2.50 bits per heavy atom. The van der Waals surface area contributed by atoms with Crippen molar-refractivity contribution in [3.63, 3.8) is 0 Å². The van der Waals surface area contributed by atoms with Crippen molar-refractivity contribution in [2.24, 2.45) is 12.0 Å². The molecule has 1 aliphatic heterocycles. The van der Waals surface area contributed by atoms with Crippen LogP contribution in [-0.4, -0.2) is 40.2 Å². The van der Waals surface area contributed by atoms with Crippen LogP contribution >= 0.6 is 0 Å². The number of aromatic nitrogens is 2. The van der Waals surface area contributed by atoms with E-state index in [4.69, 9.17) is 4.74 Å². The second-order valence-corrected chi connectivity index (χ2v) is 7.74. The maximum Gasteiger partial charge on any atom is 0.288 e. The molecule has 34 heavy (non-hydrogen) atoms. The summed E-state index contributed by atoms with van der Waals surface area (Å²) >= 11 is 0. The van der Waals surface area contributed by atoms with Gasteiger partial charge in [-0.25, -0.2) is 9.38 Å². The highest BCUT2D eigenvalue weighted by molar-refractivity contribution is 6.16. The molecule has 6 nitrogen and oxygen atoms in total. The van der Waals surface area contributed by atoms with E-state index in [0.717, 1.165) is 16.3 Å². The van der Waals surface area contributed by atoms with Crippen LogP contribution in [0.5, 0.6) is 0 Å². The van der Waals surface area contributed by atoms with E-state index >= 15 is 0 Å². The zero-order valence-electron chi connectivity index (χ0n) is 19.5. The van der Waals surface area contributed by atoms with Crippen molar-refractivity contribution in [1.29, 1.82) is 0 Å². The first kappa shape index (κ1) is 25.2. The minimum atomic E-state index is -3.18. The van der Waals surface area contributed by atoms with Crippen molar-refractivity contribution in [1.82, 2.24) is 15.1 Å². The zero-order chi connectivity index (χ0) is 25.1. The molecule has 1 fully saturated rings. The number of ether oxygens (including phenoxy) is 1. The number of nitrogens with one attached hydrogen (secondary N) is 1. The number of benzene rings is 1. The van der Waals surface area contributed by atoms with Gasteiger partial charge in [-0.2, -0.15) is 13.9 Å². The van der Waals surface area contributed by atoms with Gasteiger partial charge in [-0.3, -0.25) is 9.48 Å². The number of hydrogen-bond donors (Lipinski definition) is 1. The predicted molar refractivity (Wildman–Crippen MR) is 126 cm³/mol. The molecule has 2 heterocycles. The number of aryl methyl sites for hydroxylation is 1. The molecule has 4 rings (SSSR count). The summed E-state index contributed by atoms with van der Waals surface area (Å²) in [6.45, 7) is 8.63. The summed E-state index contributed by atoms with van der Waals surface area (Å²) in [6, 6.07) is 6.91. The fourth-order valence-electron chi connectivity index (χ4n) is 3.35. The van der Waals surface area contributed by atoms with Crippen molar-refractivity contribution in [3.8, 4) is 0 Å². The summed E-state index contributed by atoms with van der Waals surface area (Å²) in [5, 5.41) is 6.62. The molecule has 0 bridgehead atoms. The first-order chi connectivity index (χ1) is 16.1. The second-order valence-electron chi connectivity index (χ2n) is 7.74. The minimum Gasteiger partial charge on any atom is -0.376 e. The van der Waals surface area contributed by atoms with Crippen LogP contribution in [0.4, 0.5) is 13.2 Å². The van der Waals surface area contributed by atoms with Crippen LogP contribution in [0.15, 0.2) is 59.3 Å². The van der Waals surface area contributed by atoms with Crippen molar-refractivity contribution in [3.05, 3.63) is 83.5 Å². The number of aliphatic imine (C=N–C) groups is 1. The van der Waals surface area contributed by atoms with E-state index in [0.29, 0.717) is 23.9 Å². The van der Waals surface area contributed by atoms with Gasteiger partial charge in [-0.1, -0.05) is 38.6 Å². The van der Waals surface area contributed by atoms with Crippen LogP contribution in [0.2, 0.25) is 0 Å². The molecule has 1 N–H and O–H groups in total. The smallest absolute Gasteiger partial charge is 0.288 e. The van der Waals surface area contributed by atoms with Crippen molar-refractivity contribution >= 4 is 17.3 Å². The summed E-state index contributed by atoms with van der Waals surface area (Å²) in [5.41, 5.74) is 3.25. The number of carbonyl (C=O) groups is 1. The quantitative estimate of drug-likeness (QED) is 0.462. The van der Waals surface area contributed by atoms with Gasteiger partial charge in [-0.05, 0) is 23.8 Å². The topological polar surface area (TPSA) is 68.5 Å². The third kappa shape index (κ3) is 5.21. The molecular formula is C25H28F3N4O2. The number of halogens is 3. The second kappa shape index (κ2) is 9.83. The standard InChI is InChI=1S/C23H20F3N4O2.C2H6.H2/c1-4-17(15-6-5-7-16(24)10-15)27-20(14-8-9-14)23(12-32-13-23)28-21(31)18-11-19(22(2,25)26)29-30(18)3;1-2;/h5-11H,1,12-13H2,2-3H3,(H,28,31);1-2H3;1H. The summed E-state index contributed by atoms with van der Waals surface area (Å²) < 4.78 is 47.5. The highest BCUT2D eigenvalue weighted by Crippen LogP contribution is 2.33. The van der Waals surface area contributed by atoms with Crippen molar-refractivity contribution in [2.45, 2.75) is 32.2 Å². The first-order valence-electron chi connectivity index (χ1n) is 10.8. The van der Waals surface area contributed by atoms with Gasteiger partial charge >= 0.3 is 0 Å². The molecule has 1 amide bonds. The van der Waals surface area contributed by atoms with Crippen LogP contribution in [0.25, 0.3) is 5.70 Å².